The summed E-state index contributed by atoms with van der Waals surface area (Å²) < 4.78 is 13.9. The summed E-state index contributed by atoms with van der Waals surface area (Å²) in [5.74, 6) is 2.32. The van der Waals surface area contributed by atoms with Crippen molar-refractivity contribution in [2.45, 2.75) is 64.1 Å². The number of ether oxygens (including phenoxy) is 2. The number of aromatic nitrogens is 2. The topological polar surface area (TPSA) is 51.6 Å². The average Bonchev–Trinajstić information content (AvgIpc) is 3.49. The maximum absolute atomic E-state index is 6.09. The van der Waals surface area contributed by atoms with Crippen LogP contribution in [0, 0.1) is 13.8 Å². The van der Waals surface area contributed by atoms with E-state index in [9.17, 15) is 0 Å². The Labute approximate surface area is 242 Å². The number of aryl methyl sites for hydroxylation is 1. The summed E-state index contributed by atoms with van der Waals surface area (Å²) >= 11 is 5.98. The molecule has 1 aliphatic heterocycles. The largest absolute Gasteiger partial charge is 0.497 e. The van der Waals surface area contributed by atoms with Gasteiger partial charge in [0.15, 0.2) is 5.11 Å². The summed E-state index contributed by atoms with van der Waals surface area (Å²) in [6.07, 6.45) is 8.31. The maximum atomic E-state index is 6.09. The maximum Gasteiger partial charge on any atom is 0.174 e. The Morgan fingerprint density at radius 2 is 1.55 bits per heavy atom. The van der Waals surface area contributed by atoms with Crippen LogP contribution in [-0.2, 0) is 0 Å². The van der Waals surface area contributed by atoms with Crippen LogP contribution < -0.4 is 19.7 Å². The minimum absolute atomic E-state index is 0.0284. The number of nitrogens with one attached hydrogen (secondary N) is 1. The second-order valence-corrected chi connectivity index (χ2v) is 11.1. The van der Waals surface area contributed by atoms with Crippen molar-refractivity contribution in [3.63, 3.8) is 0 Å². The molecule has 6 rings (SSSR count). The van der Waals surface area contributed by atoms with E-state index in [4.69, 9.17) is 26.7 Å². The van der Waals surface area contributed by atoms with Gasteiger partial charge in [0.2, 0.25) is 0 Å². The zero-order valence-corrected chi connectivity index (χ0v) is 24.2. The van der Waals surface area contributed by atoms with Gasteiger partial charge in [-0.15, -0.1) is 0 Å². The number of methoxy groups -OCH3 is 1. The fourth-order valence-corrected chi connectivity index (χ4v) is 6.75. The van der Waals surface area contributed by atoms with Crippen molar-refractivity contribution in [1.82, 2.24) is 14.9 Å². The Kier molecular flexibility index (Phi) is 7.48. The molecule has 40 heavy (non-hydrogen) atoms. The zero-order valence-electron chi connectivity index (χ0n) is 23.3. The Bertz CT molecular complexity index is 1460. The smallest absolute Gasteiger partial charge is 0.174 e. The molecule has 0 unspecified atom stereocenters. The molecule has 3 heterocycles. The lowest BCUT2D eigenvalue weighted by atomic mass is 9.94. The molecular formula is C33H36N4O2S. The number of anilines is 1. The highest BCUT2D eigenvalue weighted by Gasteiger charge is 2.42. The second kappa shape index (κ2) is 11.3. The van der Waals surface area contributed by atoms with Crippen LogP contribution in [0.4, 0.5) is 5.69 Å². The predicted octanol–water partition coefficient (Wildman–Crippen LogP) is 7.98. The van der Waals surface area contributed by atoms with E-state index in [1.165, 1.54) is 49.1 Å². The van der Waals surface area contributed by atoms with Gasteiger partial charge >= 0.3 is 0 Å². The summed E-state index contributed by atoms with van der Waals surface area (Å²) in [5.41, 5.74) is 5.95. The summed E-state index contributed by atoms with van der Waals surface area (Å²) in [6.45, 7) is 4.52. The van der Waals surface area contributed by atoms with E-state index < -0.39 is 0 Å². The highest BCUT2D eigenvalue weighted by Crippen LogP contribution is 2.45. The Morgan fingerprint density at radius 3 is 2.20 bits per heavy atom. The van der Waals surface area contributed by atoms with Crippen LogP contribution in [0.3, 0.4) is 0 Å². The van der Waals surface area contributed by atoms with E-state index in [-0.39, 0.29) is 12.1 Å². The number of thiocarbonyl (C=S) groups is 1. The lowest BCUT2D eigenvalue weighted by molar-refractivity contribution is 0.345. The molecule has 0 amide bonds. The standard InChI is InChI=1S/C33H36N4O2S/c1-22-21-29(23(2)36(22)24-9-5-4-6-10-24)32-31(30-11-7-8-20-34-30)35-33(40)37(32)25-12-14-27(15-13-25)39-28-18-16-26(38-3)17-19-28/h7-8,11-21,24,31-32H,4-6,9-10H2,1-3H3,(H,35,40)/t31-,32-/m1/s1. The van der Waals surface area contributed by atoms with Gasteiger partial charge in [-0.1, -0.05) is 25.3 Å². The molecule has 0 bridgehead atoms. The number of hydrogen-bond acceptors (Lipinski definition) is 4. The molecule has 2 aliphatic rings. The molecule has 0 radical (unpaired) electrons. The van der Waals surface area contributed by atoms with Crippen LogP contribution in [0.25, 0.3) is 0 Å². The van der Waals surface area contributed by atoms with Gasteiger partial charge in [0.1, 0.15) is 17.2 Å². The Morgan fingerprint density at radius 1 is 0.875 bits per heavy atom. The van der Waals surface area contributed by atoms with E-state index in [1.54, 1.807) is 7.11 Å². The fourth-order valence-electron chi connectivity index (χ4n) is 6.41. The van der Waals surface area contributed by atoms with Crippen molar-refractivity contribution in [2.75, 3.05) is 12.0 Å². The minimum atomic E-state index is -0.0655. The lowest BCUT2D eigenvalue weighted by Crippen LogP contribution is -2.29. The molecule has 0 spiro atoms. The molecule has 2 fully saturated rings. The van der Waals surface area contributed by atoms with Crippen LogP contribution in [0.15, 0.2) is 79.0 Å². The van der Waals surface area contributed by atoms with Crippen LogP contribution in [0.1, 0.15) is 72.9 Å². The molecule has 4 aromatic rings. The number of pyridine rings is 1. The van der Waals surface area contributed by atoms with Crippen LogP contribution in [0.5, 0.6) is 17.2 Å². The van der Waals surface area contributed by atoms with Gasteiger partial charge in [0, 0.05) is 29.3 Å². The summed E-state index contributed by atoms with van der Waals surface area (Å²) in [6, 6.07) is 24.7. The zero-order chi connectivity index (χ0) is 27.6. The first-order valence-corrected chi connectivity index (χ1v) is 14.6. The van der Waals surface area contributed by atoms with E-state index in [1.807, 2.05) is 54.7 Å². The molecule has 206 valence electrons. The quantitative estimate of drug-likeness (QED) is 0.235. The normalized spacial score (nSPS) is 19.5. The fraction of sp³-hybridized carbons (Fsp3) is 0.333. The monoisotopic (exact) mass is 552 g/mol. The van der Waals surface area contributed by atoms with Crippen molar-refractivity contribution in [3.05, 3.63) is 102 Å². The predicted molar refractivity (Wildman–Crippen MR) is 163 cm³/mol. The molecule has 1 N–H and O–H groups in total. The van der Waals surface area contributed by atoms with Crippen molar-refractivity contribution < 1.29 is 9.47 Å². The third kappa shape index (κ3) is 5.06. The highest BCUT2D eigenvalue weighted by atomic mass is 32.1. The molecule has 1 aliphatic carbocycles. The van der Waals surface area contributed by atoms with Gasteiger partial charge in [0.25, 0.3) is 0 Å². The molecular weight excluding hydrogens is 516 g/mol. The molecule has 2 aromatic carbocycles. The van der Waals surface area contributed by atoms with Gasteiger partial charge in [-0.05, 0) is 111 Å². The molecule has 6 nitrogen and oxygen atoms in total. The summed E-state index contributed by atoms with van der Waals surface area (Å²) in [7, 11) is 1.66. The first-order valence-electron chi connectivity index (χ1n) is 14.1. The van der Waals surface area contributed by atoms with Crippen molar-refractivity contribution in [2.24, 2.45) is 0 Å². The van der Waals surface area contributed by atoms with Gasteiger partial charge in [0.05, 0.1) is 24.9 Å². The molecule has 2 aromatic heterocycles. The first-order chi connectivity index (χ1) is 19.5. The summed E-state index contributed by atoms with van der Waals surface area (Å²) in [5, 5.41) is 4.31. The third-order valence-electron chi connectivity index (χ3n) is 8.29. The van der Waals surface area contributed by atoms with Crippen molar-refractivity contribution in [1.29, 1.82) is 0 Å². The number of nitrogens with zero attached hydrogens (tertiary/aromatic N) is 3. The Hall–Kier alpha value is -3.84. The van der Waals surface area contributed by atoms with Crippen molar-refractivity contribution in [3.8, 4) is 17.2 Å². The van der Waals surface area contributed by atoms with Gasteiger partial charge in [-0.25, -0.2) is 0 Å². The van der Waals surface area contributed by atoms with Crippen LogP contribution in [-0.4, -0.2) is 21.8 Å². The van der Waals surface area contributed by atoms with E-state index in [2.05, 4.69) is 52.9 Å². The van der Waals surface area contributed by atoms with Crippen LogP contribution in [0.2, 0.25) is 0 Å². The third-order valence-corrected chi connectivity index (χ3v) is 8.60. The number of benzene rings is 2. The molecule has 1 saturated carbocycles. The van der Waals surface area contributed by atoms with E-state index >= 15 is 0 Å². The van der Waals surface area contributed by atoms with Gasteiger partial charge in [-0.3, -0.25) is 4.98 Å². The molecule has 2 atom stereocenters. The minimum Gasteiger partial charge on any atom is -0.497 e. The van der Waals surface area contributed by atoms with E-state index in [0.717, 1.165) is 28.6 Å². The number of hydrogen-bond donors (Lipinski definition) is 1. The van der Waals surface area contributed by atoms with Crippen molar-refractivity contribution >= 4 is 23.0 Å². The first kappa shape index (κ1) is 26.4. The van der Waals surface area contributed by atoms with Crippen LogP contribution >= 0.6 is 12.2 Å². The lowest BCUT2D eigenvalue weighted by Gasteiger charge is -2.30. The SMILES string of the molecule is COc1ccc(Oc2ccc(N3C(=S)N[C@H](c4ccccn4)[C@H]3c3cc(C)n(C4CCCCC4)c3C)cc2)cc1. The van der Waals surface area contributed by atoms with Gasteiger partial charge in [-0.2, -0.15) is 0 Å². The Balaban J connectivity index is 1.35. The van der Waals surface area contributed by atoms with Gasteiger partial charge < -0.3 is 24.3 Å². The second-order valence-electron chi connectivity index (χ2n) is 10.8. The average molecular weight is 553 g/mol. The highest BCUT2D eigenvalue weighted by molar-refractivity contribution is 7.80. The number of rotatable bonds is 7. The van der Waals surface area contributed by atoms with E-state index in [0.29, 0.717) is 11.2 Å². The summed E-state index contributed by atoms with van der Waals surface area (Å²) in [4.78, 5) is 6.99. The molecule has 7 heteroatoms. The molecule has 1 saturated heterocycles.